The van der Waals surface area contributed by atoms with Gasteiger partial charge >= 0.3 is 0 Å². The number of hydrogen-bond acceptors (Lipinski definition) is 1. The lowest BCUT2D eigenvalue weighted by Crippen LogP contribution is -1.96. The molecule has 3 heteroatoms. The minimum Gasteiger partial charge on any atom is -0.354 e. The molecule has 0 aliphatic rings. The number of fused-ring (bicyclic) bond motifs is 1. The first kappa shape index (κ1) is 14.0. The summed E-state index contributed by atoms with van der Waals surface area (Å²) < 4.78 is 0. The molecular weight excluding hydrogens is 278 g/mol. The Morgan fingerprint density at radius 3 is 2.38 bits per heavy atom. The molecule has 0 fully saturated rings. The number of aryl methyl sites for hydroxylation is 2. The van der Waals surface area contributed by atoms with E-state index in [-0.39, 0.29) is 5.12 Å². The van der Waals surface area contributed by atoms with E-state index in [1.807, 2.05) is 18.2 Å². The van der Waals surface area contributed by atoms with Crippen LogP contribution in [0.5, 0.6) is 0 Å². The number of aromatic nitrogens is 1. The number of aromatic amines is 1. The molecule has 1 heterocycles. The highest BCUT2D eigenvalue weighted by atomic mass is 32.1. The average Bonchev–Trinajstić information content (AvgIpc) is 2.84. The predicted molar refractivity (Wildman–Crippen MR) is 90.9 cm³/mol. The van der Waals surface area contributed by atoms with Gasteiger partial charge in [0, 0.05) is 17.3 Å². The predicted octanol–water partition coefficient (Wildman–Crippen LogP) is 4.45. The first-order valence-corrected chi connectivity index (χ1v) is 7.40. The largest absolute Gasteiger partial charge is 0.354 e. The maximum Gasteiger partial charge on any atom is 0.190 e. The Hall–Kier alpha value is -2.00. The van der Waals surface area contributed by atoms with E-state index >= 15 is 0 Å². The highest BCUT2D eigenvalue weighted by Crippen LogP contribution is 2.34. The molecule has 1 aromatic heterocycles. The molecule has 3 aromatic rings. The monoisotopic (exact) mass is 295 g/mol. The fourth-order valence-electron chi connectivity index (χ4n) is 2.87. The van der Waals surface area contributed by atoms with E-state index in [1.54, 1.807) is 0 Å². The van der Waals surface area contributed by atoms with Gasteiger partial charge in [-0.25, -0.2) is 0 Å². The van der Waals surface area contributed by atoms with Gasteiger partial charge in [-0.3, -0.25) is 4.79 Å². The number of thiol groups is 1. The molecule has 0 atom stereocenters. The van der Waals surface area contributed by atoms with Crippen molar-refractivity contribution in [2.75, 3.05) is 0 Å². The van der Waals surface area contributed by atoms with Gasteiger partial charge in [0.05, 0.1) is 5.69 Å². The minimum absolute atomic E-state index is 0.117. The third-order valence-electron chi connectivity index (χ3n) is 3.87. The molecule has 0 bridgehead atoms. The van der Waals surface area contributed by atoms with Gasteiger partial charge in [0.1, 0.15) is 0 Å². The Kier molecular flexibility index (Phi) is 3.60. The van der Waals surface area contributed by atoms with E-state index < -0.39 is 0 Å². The highest BCUT2D eigenvalue weighted by molar-refractivity contribution is 7.96. The van der Waals surface area contributed by atoms with Crippen molar-refractivity contribution >= 4 is 28.6 Å². The second-order valence-electron chi connectivity index (χ2n) is 5.36. The zero-order chi connectivity index (χ0) is 15.0. The smallest absolute Gasteiger partial charge is 0.190 e. The van der Waals surface area contributed by atoms with Crippen molar-refractivity contribution in [3.05, 3.63) is 59.2 Å². The molecule has 0 spiro atoms. The number of benzene rings is 2. The van der Waals surface area contributed by atoms with Crippen molar-refractivity contribution in [1.82, 2.24) is 4.98 Å². The molecule has 1 N–H and O–H groups in total. The third kappa shape index (κ3) is 2.49. The summed E-state index contributed by atoms with van der Waals surface area (Å²) in [5.74, 6) is 0. The van der Waals surface area contributed by atoms with E-state index in [2.05, 4.69) is 55.7 Å². The quantitative estimate of drug-likeness (QED) is 0.688. The van der Waals surface area contributed by atoms with Crippen molar-refractivity contribution in [3.8, 4) is 11.3 Å². The zero-order valence-corrected chi connectivity index (χ0v) is 13.0. The maximum atomic E-state index is 11.6. The van der Waals surface area contributed by atoms with Crippen LogP contribution in [0.2, 0.25) is 0 Å². The molecule has 0 saturated heterocycles. The van der Waals surface area contributed by atoms with Crippen LogP contribution in [-0.2, 0) is 11.2 Å². The second kappa shape index (κ2) is 5.41. The molecule has 21 heavy (non-hydrogen) atoms. The molecule has 0 aliphatic heterocycles. The molecule has 0 amide bonds. The van der Waals surface area contributed by atoms with Crippen LogP contribution in [-0.4, -0.2) is 10.1 Å². The standard InChI is InChI=1S/C18H17NOS/c1-11-8-9-12(2)17-16(11)14(10-15(20)21)18(19-17)13-6-4-3-5-7-13/h3-9,19H,10H2,1-2H3,(H,20,21). The van der Waals surface area contributed by atoms with Crippen LogP contribution in [0.25, 0.3) is 22.2 Å². The third-order valence-corrected chi connectivity index (χ3v) is 4.02. The molecule has 0 saturated carbocycles. The van der Waals surface area contributed by atoms with E-state index in [0.717, 1.165) is 27.7 Å². The van der Waals surface area contributed by atoms with Gasteiger partial charge in [0.2, 0.25) is 0 Å². The number of rotatable bonds is 3. The second-order valence-corrected chi connectivity index (χ2v) is 5.86. The minimum atomic E-state index is -0.117. The van der Waals surface area contributed by atoms with Gasteiger partial charge in [-0.1, -0.05) is 42.5 Å². The summed E-state index contributed by atoms with van der Waals surface area (Å²) in [4.78, 5) is 15.1. The number of carbonyl (C=O) groups excluding carboxylic acids is 1. The molecule has 0 aliphatic carbocycles. The van der Waals surface area contributed by atoms with Crippen LogP contribution in [0.4, 0.5) is 0 Å². The van der Waals surface area contributed by atoms with Crippen molar-refractivity contribution in [3.63, 3.8) is 0 Å². The number of carbonyl (C=O) groups is 1. The Morgan fingerprint density at radius 2 is 1.71 bits per heavy atom. The van der Waals surface area contributed by atoms with E-state index in [9.17, 15) is 4.79 Å². The molecule has 0 unspecified atom stereocenters. The van der Waals surface area contributed by atoms with Crippen LogP contribution < -0.4 is 0 Å². The van der Waals surface area contributed by atoms with Crippen molar-refractivity contribution in [1.29, 1.82) is 0 Å². The number of hydrogen-bond donors (Lipinski definition) is 2. The maximum absolute atomic E-state index is 11.6. The number of nitrogens with one attached hydrogen (secondary N) is 1. The van der Waals surface area contributed by atoms with Gasteiger partial charge in [-0.2, -0.15) is 0 Å². The highest BCUT2D eigenvalue weighted by Gasteiger charge is 2.17. The van der Waals surface area contributed by atoms with Crippen molar-refractivity contribution in [2.45, 2.75) is 20.3 Å². The Labute approximate surface area is 129 Å². The first-order valence-electron chi connectivity index (χ1n) is 6.96. The van der Waals surface area contributed by atoms with Crippen LogP contribution in [0.3, 0.4) is 0 Å². The van der Waals surface area contributed by atoms with Gasteiger partial charge < -0.3 is 4.98 Å². The lowest BCUT2D eigenvalue weighted by atomic mass is 9.99. The molecular formula is C18H17NOS. The topological polar surface area (TPSA) is 32.9 Å². The van der Waals surface area contributed by atoms with Gasteiger partial charge in [-0.05, 0) is 36.1 Å². The van der Waals surface area contributed by atoms with Crippen LogP contribution in [0.15, 0.2) is 42.5 Å². The summed E-state index contributed by atoms with van der Waals surface area (Å²) in [5.41, 5.74) is 6.63. The summed E-state index contributed by atoms with van der Waals surface area (Å²) in [6.45, 7) is 4.16. The Balaban J connectivity index is 2.36. The lowest BCUT2D eigenvalue weighted by Gasteiger charge is -2.04. The first-order chi connectivity index (χ1) is 10.1. The van der Waals surface area contributed by atoms with Gasteiger partial charge in [0.25, 0.3) is 0 Å². The Morgan fingerprint density at radius 1 is 1.05 bits per heavy atom. The molecule has 0 radical (unpaired) electrons. The van der Waals surface area contributed by atoms with Gasteiger partial charge in [-0.15, -0.1) is 12.6 Å². The number of H-pyrrole nitrogens is 1. The summed E-state index contributed by atoms with van der Waals surface area (Å²) in [6, 6.07) is 14.3. The Bertz CT molecular complexity index is 818. The fourth-order valence-corrected chi connectivity index (χ4v) is 3.02. The molecule has 2 aromatic carbocycles. The van der Waals surface area contributed by atoms with Crippen LogP contribution in [0.1, 0.15) is 16.7 Å². The SMILES string of the molecule is Cc1ccc(C)c2c(CC(=O)S)c(-c3ccccc3)[nH]c12. The van der Waals surface area contributed by atoms with Crippen LogP contribution in [0, 0.1) is 13.8 Å². The average molecular weight is 295 g/mol. The fraction of sp³-hybridized carbons (Fsp3) is 0.167. The molecule has 2 nitrogen and oxygen atoms in total. The summed E-state index contributed by atoms with van der Waals surface area (Å²) in [6.07, 6.45) is 0.331. The van der Waals surface area contributed by atoms with Crippen molar-refractivity contribution in [2.24, 2.45) is 0 Å². The normalized spacial score (nSPS) is 11.0. The summed E-state index contributed by atoms with van der Waals surface area (Å²) >= 11 is 3.98. The van der Waals surface area contributed by atoms with Crippen LogP contribution >= 0.6 is 12.6 Å². The summed E-state index contributed by atoms with van der Waals surface area (Å²) in [7, 11) is 0. The zero-order valence-electron chi connectivity index (χ0n) is 12.1. The van der Waals surface area contributed by atoms with E-state index in [0.29, 0.717) is 6.42 Å². The van der Waals surface area contributed by atoms with Gasteiger partial charge in [0.15, 0.2) is 5.12 Å². The van der Waals surface area contributed by atoms with Crippen molar-refractivity contribution < 1.29 is 4.79 Å². The lowest BCUT2D eigenvalue weighted by molar-refractivity contribution is -0.110. The molecule has 3 rings (SSSR count). The summed E-state index contributed by atoms with van der Waals surface area (Å²) in [5, 5.41) is 1.03. The van der Waals surface area contributed by atoms with E-state index in [4.69, 9.17) is 0 Å². The van der Waals surface area contributed by atoms with E-state index in [1.165, 1.54) is 11.1 Å². The molecule has 106 valence electrons.